The maximum Gasteiger partial charge on any atom is 0.255 e. The van der Waals surface area contributed by atoms with Gasteiger partial charge in [0, 0.05) is 11.4 Å². The number of thioether (sulfide) groups is 1. The fourth-order valence-corrected chi connectivity index (χ4v) is 6.17. The van der Waals surface area contributed by atoms with E-state index in [0.717, 1.165) is 21.6 Å². The molecule has 0 aromatic heterocycles. The largest absolute Gasteiger partial charge is 0.272 e. The average Bonchev–Trinajstić information content (AvgIpc) is 2.82. The summed E-state index contributed by atoms with van der Waals surface area (Å²) in [7, 11) is -3.91. The van der Waals surface area contributed by atoms with Crippen molar-refractivity contribution in [2.24, 2.45) is 5.10 Å². The van der Waals surface area contributed by atoms with Crippen LogP contribution in [0.1, 0.15) is 27.8 Å². The van der Waals surface area contributed by atoms with Gasteiger partial charge in [0.2, 0.25) is 10.0 Å². The van der Waals surface area contributed by atoms with Crippen molar-refractivity contribution in [2.45, 2.75) is 37.0 Å². The number of carbonyl (C=O) groups excluding carboxylic acids is 1. The Morgan fingerprint density at radius 3 is 2.23 bits per heavy atom. The van der Waals surface area contributed by atoms with E-state index >= 15 is 0 Å². The molecule has 6 nitrogen and oxygen atoms in total. The molecule has 3 aromatic carbocycles. The van der Waals surface area contributed by atoms with Gasteiger partial charge in [-0.3, -0.25) is 4.79 Å². The summed E-state index contributed by atoms with van der Waals surface area (Å²) in [5.74, 6) is -0.499. The molecule has 0 aliphatic heterocycles. The number of sulfonamides is 1. The smallest absolute Gasteiger partial charge is 0.255 e. The van der Waals surface area contributed by atoms with Crippen LogP contribution in [0.15, 0.2) is 81.6 Å². The molecule has 0 heterocycles. The maximum absolute atomic E-state index is 13.7. The zero-order chi connectivity index (χ0) is 25.4. The number of amides is 1. The van der Waals surface area contributed by atoms with Crippen molar-refractivity contribution in [1.82, 2.24) is 9.73 Å². The van der Waals surface area contributed by atoms with Crippen molar-refractivity contribution >= 4 is 33.9 Å². The van der Waals surface area contributed by atoms with E-state index in [4.69, 9.17) is 0 Å². The second-order valence-corrected chi connectivity index (χ2v) is 11.1. The topological polar surface area (TPSA) is 78.8 Å². The summed E-state index contributed by atoms with van der Waals surface area (Å²) >= 11 is 1.64. The van der Waals surface area contributed by atoms with Crippen molar-refractivity contribution in [3.63, 3.8) is 0 Å². The number of hydrogen-bond acceptors (Lipinski definition) is 5. The third-order valence-corrected chi connectivity index (χ3v) is 8.43. The third kappa shape index (κ3) is 7.27. The van der Waals surface area contributed by atoms with Crippen LogP contribution in [0.25, 0.3) is 0 Å². The molecule has 0 radical (unpaired) electrons. The van der Waals surface area contributed by atoms with Gasteiger partial charge in [-0.15, -0.1) is 11.8 Å². The Labute approximate surface area is 212 Å². The van der Waals surface area contributed by atoms with Gasteiger partial charge in [0.05, 0.1) is 17.7 Å². The van der Waals surface area contributed by atoms with E-state index in [1.165, 1.54) is 4.31 Å². The first-order valence-electron chi connectivity index (χ1n) is 11.3. The lowest BCUT2D eigenvalue weighted by Gasteiger charge is -2.24. The van der Waals surface area contributed by atoms with Crippen molar-refractivity contribution in [2.75, 3.05) is 19.3 Å². The van der Waals surface area contributed by atoms with Crippen molar-refractivity contribution < 1.29 is 13.2 Å². The molecule has 0 aliphatic rings. The number of aryl methyl sites for hydroxylation is 3. The summed E-state index contributed by atoms with van der Waals surface area (Å²) < 4.78 is 28.6. The molecule has 0 fully saturated rings. The van der Waals surface area contributed by atoms with Crippen LogP contribution in [0.3, 0.4) is 0 Å². The number of carbonyl (C=O) groups is 1. The minimum absolute atomic E-state index is 0.173. The summed E-state index contributed by atoms with van der Waals surface area (Å²) in [6.45, 7) is 5.35. The normalized spacial score (nSPS) is 11.8. The minimum atomic E-state index is -3.91. The van der Waals surface area contributed by atoms with E-state index in [1.807, 2.05) is 79.9 Å². The van der Waals surface area contributed by atoms with Crippen LogP contribution in [0.4, 0.5) is 0 Å². The lowest BCUT2D eigenvalue weighted by Crippen LogP contribution is -2.41. The van der Waals surface area contributed by atoms with Crippen LogP contribution in [-0.2, 0) is 21.2 Å². The van der Waals surface area contributed by atoms with Crippen LogP contribution in [-0.4, -0.2) is 44.2 Å². The number of hydrazone groups is 1. The first-order valence-corrected chi connectivity index (χ1v) is 13.9. The molecule has 3 rings (SSSR count). The maximum atomic E-state index is 13.7. The summed E-state index contributed by atoms with van der Waals surface area (Å²) in [6.07, 6.45) is 4.03. The molecule has 35 heavy (non-hydrogen) atoms. The SMILES string of the molecule is CSc1ccc(/C=N/NC(=O)CN(CCc2ccccc2)S(=O)(=O)c2c(C)cc(C)cc2C)cc1. The molecule has 0 bridgehead atoms. The molecule has 0 atom stereocenters. The molecule has 1 amide bonds. The molecule has 3 aromatic rings. The second kappa shape index (κ2) is 12.2. The summed E-state index contributed by atoms with van der Waals surface area (Å²) in [6, 6.07) is 21.1. The highest BCUT2D eigenvalue weighted by molar-refractivity contribution is 7.98. The van der Waals surface area contributed by atoms with Crippen LogP contribution < -0.4 is 5.43 Å². The lowest BCUT2D eigenvalue weighted by molar-refractivity contribution is -0.121. The van der Waals surface area contributed by atoms with Crippen LogP contribution >= 0.6 is 11.8 Å². The Morgan fingerprint density at radius 2 is 1.63 bits per heavy atom. The van der Waals surface area contributed by atoms with E-state index in [1.54, 1.807) is 31.8 Å². The molecule has 0 saturated heterocycles. The zero-order valence-electron chi connectivity index (χ0n) is 20.5. The van der Waals surface area contributed by atoms with Gasteiger partial charge in [-0.05, 0) is 67.8 Å². The van der Waals surface area contributed by atoms with Gasteiger partial charge in [0.25, 0.3) is 5.91 Å². The Balaban J connectivity index is 1.79. The Bertz CT molecular complexity index is 1270. The van der Waals surface area contributed by atoms with Crippen LogP contribution in [0.5, 0.6) is 0 Å². The summed E-state index contributed by atoms with van der Waals surface area (Å²) in [4.78, 5) is 14.1. The molecule has 0 aliphatic carbocycles. The van der Waals surface area contributed by atoms with Gasteiger partial charge >= 0.3 is 0 Å². The van der Waals surface area contributed by atoms with E-state index in [-0.39, 0.29) is 18.0 Å². The average molecular weight is 510 g/mol. The molecule has 0 unspecified atom stereocenters. The van der Waals surface area contributed by atoms with E-state index in [0.29, 0.717) is 17.5 Å². The molecule has 0 saturated carbocycles. The monoisotopic (exact) mass is 509 g/mol. The minimum Gasteiger partial charge on any atom is -0.272 e. The zero-order valence-corrected chi connectivity index (χ0v) is 22.1. The number of nitrogens with one attached hydrogen (secondary N) is 1. The number of rotatable bonds is 10. The van der Waals surface area contributed by atoms with Gasteiger partial charge in [0.15, 0.2) is 0 Å². The Kier molecular flexibility index (Phi) is 9.26. The predicted molar refractivity (Wildman–Crippen MR) is 144 cm³/mol. The highest BCUT2D eigenvalue weighted by Crippen LogP contribution is 2.25. The fraction of sp³-hybridized carbons (Fsp3) is 0.259. The van der Waals surface area contributed by atoms with Crippen LogP contribution in [0, 0.1) is 20.8 Å². The Hall–Kier alpha value is -2.94. The highest BCUT2D eigenvalue weighted by atomic mass is 32.2. The summed E-state index contributed by atoms with van der Waals surface area (Å²) in [5.41, 5.74) is 6.63. The highest BCUT2D eigenvalue weighted by Gasteiger charge is 2.29. The van der Waals surface area contributed by atoms with E-state index < -0.39 is 15.9 Å². The molecular weight excluding hydrogens is 478 g/mol. The third-order valence-electron chi connectivity index (χ3n) is 5.53. The van der Waals surface area contributed by atoms with Crippen molar-refractivity contribution in [1.29, 1.82) is 0 Å². The van der Waals surface area contributed by atoms with E-state index in [2.05, 4.69) is 10.5 Å². The quantitative estimate of drug-likeness (QED) is 0.244. The number of nitrogens with zero attached hydrogens (tertiary/aromatic N) is 2. The predicted octanol–water partition coefficient (Wildman–Crippen LogP) is 4.72. The van der Waals surface area contributed by atoms with Gasteiger partial charge < -0.3 is 0 Å². The second-order valence-electron chi connectivity index (χ2n) is 8.37. The number of hydrogen-bond donors (Lipinski definition) is 1. The van der Waals surface area contributed by atoms with E-state index in [9.17, 15) is 13.2 Å². The molecule has 184 valence electrons. The first kappa shape index (κ1) is 26.7. The van der Waals surface area contributed by atoms with Gasteiger partial charge in [-0.2, -0.15) is 9.41 Å². The van der Waals surface area contributed by atoms with Crippen molar-refractivity contribution in [3.05, 3.63) is 94.5 Å². The standard InChI is InChI=1S/C27H31N3O3S2/c1-20-16-21(2)27(22(3)17-20)35(32,33)30(15-14-23-8-6-5-7-9-23)19-26(31)29-28-18-24-10-12-25(34-4)13-11-24/h5-13,16-18H,14-15,19H2,1-4H3,(H,29,31)/b28-18+. The van der Waals surface area contributed by atoms with Gasteiger partial charge in [0.1, 0.15) is 0 Å². The number of benzene rings is 3. The van der Waals surface area contributed by atoms with Crippen molar-refractivity contribution in [3.8, 4) is 0 Å². The van der Waals surface area contributed by atoms with Crippen LogP contribution in [0.2, 0.25) is 0 Å². The molecule has 1 N–H and O–H groups in total. The lowest BCUT2D eigenvalue weighted by atomic mass is 10.1. The Morgan fingerprint density at radius 1 is 1.00 bits per heavy atom. The molecule has 8 heteroatoms. The van der Waals surface area contributed by atoms with Gasteiger partial charge in [-0.1, -0.05) is 60.2 Å². The van der Waals surface area contributed by atoms with Gasteiger partial charge in [-0.25, -0.2) is 13.8 Å². The molecule has 0 spiro atoms. The first-order chi connectivity index (χ1) is 16.7. The fourth-order valence-electron chi connectivity index (χ4n) is 3.95. The summed E-state index contributed by atoms with van der Waals surface area (Å²) in [5, 5.41) is 4.02. The molecular formula is C27H31N3O3S2.